The fraction of sp³-hybridized carbons (Fsp3) is 0.240. The summed E-state index contributed by atoms with van der Waals surface area (Å²) in [5.41, 5.74) is 0.576. The van der Waals surface area contributed by atoms with E-state index in [9.17, 15) is 9.59 Å². The first-order valence-electron chi connectivity index (χ1n) is 11.0. The van der Waals surface area contributed by atoms with Gasteiger partial charge in [0, 0.05) is 36.2 Å². The average molecular weight is 515 g/mol. The van der Waals surface area contributed by atoms with Crippen molar-refractivity contribution in [1.29, 1.82) is 0 Å². The van der Waals surface area contributed by atoms with Crippen molar-refractivity contribution in [3.63, 3.8) is 0 Å². The number of hydrogen-bond acceptors (Lipinski definition) is 6. The number of pyridine rings is 1. The second-order valence-electron chi connectivity index (χ2n) is 7.81. The van der Waals surface area contributed by atoms with Crippen LogP contribution in [0.1, 0.15) is 0 Å². The smallest absolute Gasteiger partial charge is 0.262 e. The SMILES string of the molecule is O=C(COc1ccc(Cl)cc1)Nc1ccc(N2CCN(C(=O)COc3ccc(Cl)cc3)CC2)nc1. The van der Waals surface area contributed by atoms with E-state index >= 15 is 0 Å². The second-order valence-corrected chi connectivity index (χ2v) is 8.68. The fourth-order valence-electron chi connectivity index (χ4n) is 3.48. The fourth-order valence-corrected chi connectivity index (χ4v) is 3.73. The molecule has 2 heterocycles. The van der Waals surface area contributed by atoms with Crippen LogP contribution in [0.2, 0.25) is 10.0 Å². The van der Waals surface area contributed by atoms with E-state index in [4.69, 9.17) is 32.7 Å². The maximum absolute atomic E-state index is 12.5. The molecule has 3 aromatic rings. The van der Waals surface area contributed by atoms with Crippen LogP contribution in [-0.4, -0.2) is 61.1 Å². The molecule has 1 aliphatic heterocycles. The van der Waals surface area contributed by atoms with E-state index in [1.807, 2.05) is 6.07 Å². The number of nitrogens with zero attached hydrogens (tertiary/aromatic N) is 3. The molecule has 2 aromatic carbocycles. The zero-order valence-electron chi connectivity index (χ0n) is 18.8. The monoisotopic (exact) mass is 514 g/mol. The van der Waals surface area contributed by atoms with Crippen LogP contribution < -0.4 is 19.7 Å². The minimum Gasteiger partial charge on any atom is -0.484 e. The van der Waals surface area contributed by atoms with Crippen LogP contribution in [0.4, 0.5) is 11.5 Å². The third-order valence-electron chi connectivity index (χ3n) is 5.35. The van der Waals surface area contributed by atoms with Gasteiger partial charge >= 0.3 is 0 Å². The number of ether oxygens (including phenoxy) is 2. The molecule has 182 valence electrons. The van der Waals surface area contributed by atoms with Crippen molar-refractivity contribution in [2.24, 2.45) is 0 Å². The predicted octanol–water partition coefficient (Wildman–Crippen LogP) is 4.13. The van der Waals surface area contributed by atoms with Crippen molar-refractivity contribution in [3.05, 3.63) is 76.9 Å². The first-order chi connectivity index (χ1) is 17.0. The summed E-state index contributed by atoms with van der Waals surface area (Å²) >= 11 is 11.7. The van der Waals surface area contributed by atoms with E-state index < -0.39 is 0 Å². The summed E-state index contributed by atoms with van der Waals surface area (Å²) in [7, 11) is 0. The molecular weight excluding hydrogens is 491 g/mol. The normalized spacial score (nSPS) is 13.3. The molecule has 4 rings (SSSR count). The number of nitrogens with one attached hydrogen (secondary N) is 1. The Labute approximate surface area is 213 Å². The lowest BCUT2D eigenvalue weighted by molar-refractivity contribution is -0.133. The topological polar surface area (TPSA) is 84.0 Å². The minimum absolute atomic E-state index is 0.0178. The van der Waals surface area contributed by atoms with Gasteiger partial charge in [-0.05, 0) is 60.7 Å². The number of carbonyl (C=O) groups excluding carboxylic acids is 2. The summed E-state index contributed by atoms with van der Waals surface area (Å²) in [4.78, 5) is 32.9. The number of rotatable bonds is 8. The zero-order chi connectivity index (χ0) is 24.6. The van der Waals surface area contributed by atoms with Gasteiger partial charge in [0.25, 0.3) is 11.8 Å². The van der Waals surface area contributed by atoms with Crippen molar-refractivity contribution < 1.29 is 19.1 Å². The van der Waals surface area contributed by atoms with Gasteiger partial charge in [-0.15, -0.1) is 0 Å². The average Bonchev–Trinajstić information content (AvgIpc) is 2.88. The molecular formula is C25H24Cl2N4O4. The Bertz CT molecular complexity index is 1130. The maximum atomic E-state index is 12.5. The quantitative estimate of drug-likeness (QED) is 0.486. The molecule has 1 aliphatic rings. The molecule has 0 spiro atoms. The van der Waals surface area contributed by atoms with Gasteiger partial charge in [0.05, 0.1) is 11.9 Å². The number of piperazine rings is 1. The van der Waals surface area contributed by atoms with Crippen LogP contribution in [0.15, 0.2) is 66.9 Å². The molecule has 0 radical (unpaired) electrons. The maximum Gasteiger partial charge on any atom is 0.262 e. The van der Waals surface area contributed by atoms with Crippen LogP contribution in [0, 0.1) is 0 Å². The first-order valence-corrected chi connectivity index (χ1v) is 11.8. The largest absolute Gasteiger partial charge is 0.484 e. The lowest BCUT2D eigenvalue weighted by atomic mass is 10.3. The van der Waals surface area contributed by atoms with Crippen LogP contribution in [0.5, 0.6) is 11.5 Å². The van der Waals surface area contributed by atoms with Crippen LogP contribution >= 0.6 is 23.2 Å². The highest BCUT2D eigenvalue weighted by atomic mass is 35.5. The van der Waals surface area contributed by atoms with Gasteiger partial charge in [-0.1, -0.05) is 23.2 Å². The number of benzene rings is 2. The molecule has 1 N–H and O–H groups in total. The first kappa shape index (κ1) is 24.6. The van der Waals surface area contributed by atoms with Crippen LogP contribution in [-0.2, 0) is 9.59 Å². The molecule has 1 fully saturated rings. The number of hydrogen-bond donors (Lipinski definition) is 1. The van der Waals surface area contributed by atoms with Crippen molar-refractivity contribution in [2.75, 3.05) is 49.6 Å². The van der Waals surface area contributed by atoms with Crippen LogP contribution in [0.25, 0.3) is 0 Å². The molecule has 0 aliphatic carbocycles. The Morgan fingerprint density at radius 3 is 1.91 bits per heavy atom. The Balaban J connectivity index is 1.19. The van der Waals surface area contributed by atoms with E-state index in [-0.39, 0.29) is 25.0 Å². The third-order valence-corrected chi connectivity index (χ3v) is 5.85. The van der Waals surface area contributed by atoms with Crippen molar-refractivity contribution in [3.8, 4) is 11.5 Å². The van der Waals surface area contributed by atoms with Gasteiger partial charge < -0.3 is 24.6 Å². The number of carbonyl (C=O) groups is 2. The number of amides is 2. The summed E-state index contributed by atoms with van der Waals surface area (Å²) < 4.78 is 11.0. The van der Waals surface area contributed by atoms with Gasteiger partial charge in [-0.2, -0.15) is 0 Å². The standard InChI is InChI=1S/C25H24Cl2N4O4/c26-18-1-6-21(7-2-18)34-16-24(32)29-20-5-10-23(28-15-20)30-11-13-31(14-12-30)25(33)17-35-22-8-3-19(27)4-9-22/h1-10,15H,11-14,16-17H2,(H,29,32). The van der Waals surface area contributed by atoms with E-state index in [0.29, 0.717) is 53.4 Å². The third kappa shape index (κ3) is 7.24. The summed E-state index contributed by atoms with van der Waals surface area (Å²) in [6.07, 6.45) is 1.60. The highest BCUT2D eigenvalue weighted by Crippen LogP contribution is 2.19. The van der Waals surface area contributed by atoms with E-state index in [0.717, 1.165) is 5.82 Å². The van der Waals surface area contributed by atoms with E-state index in [1.54, 1.807) is 65.7 Å². The molecule has 8 nitrogen and oxygen atoms in total. The minimum atomic E-state index is -0.289. The lowest BCUT2D eigenvalue weighted by Crippen LogP contribution is -2.50. The number of anilines is 2. The molecule has 1 aromatic heterocycles. The molecule has 0 saturated carbocycles. The van der Waals surface area contributed by atoms with Gasteiger partial charge in [0.15, 0.2) is 13.2 Å². The Morgan fingerprint density at radius 2 is 1.37 bits per heavy atom. The van der Waals surface area contributed by atoms with Gasteiger partial charge in [0.2, 0.25) is 0 Å². The van der Waals surface area contributed by atoms with Gasteiger partial charge in [-0.3, -0.25) is 9.59 Å². The molecule has 0 unspecified atom stereocenters. The summed E-state index contributed by atoms with van der Waals surface area (Å²) in [5, 5.41) is 3.98. The molecule has 0 atom stereocenters. The molecule has 10 heteroatoms. The van der Waals surface area contributed by atoms with E-state index in [1.165, 1.54) is 0 Å². The van der Waals surface area contributed by atoms with Crippen molar-refractivity contribution in [2.45, 2.75) is 0 Å². The Morgan fingerprint density at radius 1 is 0.800 bits per heavy atom. The number of aromatic nitrogens is 1. The highest BCUT2D eigenvalue weighted by molar-refractivity contribution is 6.30. The number of halogens is 2. The Kier molecular flexibility index (Phi) is 8.28. The van der Waals surface area contributed by atoms with Crippen LogP contribution in [0.3, 0.4) is 0 Å². The molecule has 35 heavy (non-hydrogen) atoms. The predicted molar refractivity (Wildman–Crippen MR) is 136 cm³/mol. The van der Waals surface area contributed by atoms with Gasteiger partial charge in [-0.25, -0.2) is 4.98 Å². The summed E-state index contributed by atoms with van der Waals surface area (Å²) in [6, 6.07) is 17.3. The van der Waals surface area contributed by atoms with Gasteiger partial charge in [0.1, 0.15) is 17.3 Å². The summed E-state index contributed by atoms with van der Waals surface area (Å²) in [6.45, 7) is 2.31. The highest BCUT2D eigenvalue weighted by Gasteiger charge is 2.22. The lowest BCUT2D eigenvalue weighted by Gasteiger charge is -2.35. The summed E-state index contributed by atoms with van der Waals surface area (Å²) in [5.74, 6) is 1.60. The zero-order valence-corrected chi connectivity index (χ0v) is 20.3. The van der Waals surface area contributed by atoms with Crippen molar-refractivity contribution >= 4 is 46.5 Å². The molecule has 0 bridgehead atoms. The molecule has 2 amide bonds. The second kappa shape index (κ2) is 11.8. The molecule has 1 saturated heterocycles. The van der Waals surface area contributed by atoms with Crippen molar-refractivity contribution in [1.82, 2.24) is 9.88 Å². The van der Waals surface area contributed by atoms with E-state index in [2.05, 4.69) is 15.2 Å². The Hall–Kier alpha value is -3.49.